The summed E-state index contributed by atoms with van der Waals surface area (Å²) in [6, 6.07) is 8.50. The summed E-state index contributed by atoms with van der Waals surface area (Å²) in [6.45, 7) is 2.57. The summed E-state index contributed by atoms with van der Waals surface area (Å²) in [6.07, 6.45) is 0. The second kappa shape index (κ2) is 6.12. The van der Waals surface area contributed by atoms with E-state index in [1.165, 1.54) is 6.07 Å². The van der Waals surface area contributed by atoms with Crippen LogP contribution in [-0.2, 0) is 13.2 Å². The van der Waals surface area contributed by atoms with E-state index < -0.39 is 0 Å². The number of halogens is 2. The summed E-state index contributed by atoms with van der Waals surface area (Å²) in [7, 11) is 0. The van der Waals surface area contributed by atoms with E-state index in [0.29, 0.717) is 23.4 Å². The summed E-state index contributed by atoms with van der Waals surface area (Å²) in [5.41, 5.74) is 8.13. The van der Waals surface area contributed by atoms with Gasteiger partial charge in [-0.15, -0.1) is 0 Å². The molecule has 2 N–H and O–H groups in total. The van der Waals surface area contributed by atoms with Crippen molar-refractivity contribution >= 4 is 15.9 Å². The molecule has 0 aliphatic heterocycles. The topological polar surface area (TPSA) is 48.1 Å². The average molecular weight is 325 g/mol. The van der Waals surface area contributed by atoms with Gasteiger partial charge in [-0.3, -0.25) is 4.98 Å². The molecule has 0 atom stereocenters. The van der Waals surface area contributed by atoms with Crippen LogP contribution in [0.2, 0.25) is 0 Å². The lowest BCUT2D eigenvalue weighted by atomic mass is 10.2. The second-order valence-corrected chi connectivity index (χ2v) is 4.99. The zero-order valence-corrected chi connectivity index (χ0v) is 12.1. The van der Waals surface area contributed by atoms with E-state index in [9.17, 15) is 4.39 Å². The van der Waals surface area contributed by atoms with Crippen LogP contribution in [-0.4, -0.2) is 4.98 Å². The molecular weight excluding hydrogens is 311 g/mol. The Morgan fingerprint density at radius 3 is 2.79 bits per heavy atom. The third kappa shape index (κ3) is 3.52. The van der Waals surface area contributed by atoms with Gasteiger partial charge in [0.15, 0.2) is 0 Å². The normalized spacial score (nSPS) is 10.5. The Labute approximate surface area is 119 Å². The number of aromatic nitrogens is 1. The van der Waals surface area contributed by atoms with E-state index in [1.54, 1.807) is 12.1 Å². The van der Waals surface area contributed by atoms with Crippen LogP contribution in [0.15, 0.2) is 34.8 Å². The Kier molecular flexibility index (Phi) is 4.50. The Morgan fingerprint density at radius 1 is 1.32 bits per heavy atom. The van der Waals surface area contributed by atoms with Crippen molar-refractivity contribution in [3.05, 3.63) is 57.6 Å². The van der Waals surface area contributed by atoms with Crippen molar-refractivity contribution in [3.63, 3.8) is 0 Å². The van der Waals surface area contributed by atoms with Crippen molar-refractivity contribution in [2.24, 2.45) is 5.73 Å². The van der Waals surface area contributed by atoms with Crippen LogP contribution in [0.5, 0.6) is 5.75 Å². The Morgan fingerprint density at radius 2 is 2.11 bits per heavy atom. The van der Waals surface area contributed by atoms with Crippen molar-refractivity contribution in [1.82, 2.24) is 4.98 Å². The molecule has 0 unspecified atom stereocenters. The molecule has 3 nitrogen and oxygen atoms in total. The van der Waals surface area contributed by atoms with E-state index >= 15 is 0 Å². The van der Waals surface area contributed by atoms with Crippen LogP contribution in [0.1, 0.15) is 17.0 Å². The van der Waals surface area contributed by atoms with Gasteiger partial charge in [0, 0.05) is 12.2 Å². The van der Waals surface area contributed by atoms with Gasteiger partial charge in [-0.05, 0) is 52.7 Å². The minimum absolute atomic E-state index is 0.289. The first-order chi connectivity index (χ1) is 9.10. The molecule has 1 aromatic carbocycles. The lowest BCUT2D eigenvalue weighted by Crippen LogP contribution is -2.06. The number of hydrogen-bond donors (Lipinski definition) is 1. The van der Waals surface area contributed by atoms with Crippen LogP contribution in [0.3, 0.4) is 0 Å². The molecule has 100 valence electrons. The molecule has 0 spiro atoms. The maximum absolute atomic E-state index is 13.1. The summed E-state index contributed by atoms with van der Waals surface area (Å²) in [5, 5.41) is 0. The molecule has 1 aromatic heterocycles. The molecule has 0 saturated carbocycles. The first-order valence-corrected chi connectivity index (χ1v) is 6.63. The summed E-state index contributed by atoms with van der Waals surface area (Å²) < 4.78 is 19.2. The minimum Gasteiger partial charge on any atom is -0.487 e. The summed E-state index contributed by atoms with van der Waals surface area (Å²) in [5.74, 6) is 0.372. The van der Waals surface area contributed by atoms with Gasteiger partial charge in [0.25, 0.3) is 0 Å². The average Bonchev–Trinajstić information content (AvgIpc) is 2.41. The first kappa shape index (κ1) is 14.0. The molecule has 1 heterocycles. The fourth-order valence-electron chi connectivity index (χ4n) is 1.67. The van der Waals surface area contributed by atoms with Crippen LogP contribution in [0.4, 0.5) is 4.39 Å². The molecule has 0 radical (unpaired) electrons. The molecule has 0 aliphatic carbocycles. The third-order valence-corrected chi connectivity index (χ3v) is 3.25. The highest BCUT2D eigenvalue weighted by molar-refractivity contribution is 9.10. The molecule has 19 heavy (non-hydrogen) atoms. The number of ether oxygens (including phenoxy) is 1. The van der Waals surface area contributed by atoms with E-state index in [2.05, 4.69) is 20.9 Å². The monoisotopic (exact) mass is 324 g/mol. The number of nitrogens with zero attached hydrogens (tertiary/aromatic N) is 1. The molecular formula is C14H14BrFN2O. The zero-order chi connectivity index (χ0) is 13.8. The van der Waals surface area contributed by atoms with Gasteiger partial charge < -0.3 is 10.5 Å². The Hall–Kier alpha value is -1.46. The largest absolute Gasteiger partial charge is 0.487 e. The first-order valence-electron chi connectivity index (χ1n) is 5.83. The van der Waals surface area contributed by atoms with E-state index in [4.69, 9.17) is 10.5 Å². The van der Waals surface area contributed by atoms with Gasteiger partial charge in [0.05, 0.1) is 10.2 Å². The number of pyridine rings is 1. The standard InChI is InChI=1S/C14H14BrFN2O/c1-9-2-5-14(13(7-17)18-9)19-8-10-3-4-12(16)11(15)6-10/h2-6H,7-8,17H2,1H3. The maximum atomic E-state index is 13.1. The van der Waals surface area contributed by atoms with Gasteiger partial charge in [-0.2, -0.15) is 0 Å². The van der Waals surface area contributed by atoms with Gasteiger partial charge >= 0.3 is 0 Å². The van der Waals surface area contributed by atoms with E-state index in [1.807, 2.05) is 19.1 Å². The fraction of sp³-hybridized carbons (Fsp3) is 0.214. The molecule has 0 saturated heterocycles. The lowest BCUT2D eigenvalue weighted by molar-refractivity contribution is 0.301. The van der Waals surface area contributed by atoms with Crippen LogP contribution >= 0.6 is 15.9 Å². The molecule has 2 aromatic rings. The molecule has 2 rings (SSSR count). The molecule has 0 amide bonds. The van der Waals surface area contributed by atoms with E-state index in [0.717, 1.165) is 17.0 Å². The number of aryl methyl sites for hydroxylation is 1. The van der Waals surface area contributed by atoms with Crippen molar-refractivity contribution in [1.29, 1.82) is 0 Å². The molecule has 0 fully saturated rings. The SMILES string of the molecule is Cc1ccc(OCc2ccc(F)c(Br)c2)c(CN)n1. The minimum atomic E-state index is -0.289. The predicted molar refractivity (Wildman–Crippen MR) is 75.3 cm³/mol. The number of hydrogen-bond acceptors (Lipinski definition) is 3. The maximum Gasteiger partial charge on any atom is 0.142 e. The van der Waals surface area contributed by atoms with E-state index in [-0.39, 0.29) is 5.82 Å². The third-order valence-electron chi connectivity index (χ3n) is 2.64. The van der Waals surface area contributed by atoms with Crippen LogP contribution < -0.4 is 10.5 Å². The Bertz CT molecular complexity index is 590. The van der Waals surface area contributed by atoms with Crippen molar-refractivity contribution in [2.45, 2.75) is 20.1 Å². The highest BCUT2D eigenvalue weighted by Crippen LogP contribution is 2.20. The number of rotatable bonds is 4. The van der Waals surface area contributed by atoms with Gasteiger partial charge in [-0.1, -0.05) is 6.07 Å². The molecule has 0 aliphatic rings. The number of benzene rings is 1. The fourth-order valence-corrected chi connectivity index (χ4v) is 2.09. The summed E-state index contributed by atoms with van der Waals surface area (Å²) >= 11 is 3.15. The van der Waals surface area contributed by atoms with Crippen LogP contribution in [0, 0.1) is 12.7 Å². The van der Waals surface area contributed by atoms with Gasteiger partial charge in [0.1, 0.15) is 18.2 Å². The second-order valence-electron chi connectivity index (χ2n) is 4.14. The molecule has 0 bridgehead atoms. The van der Waals surface area contributed by atoms with Crippen molar-refractivity contribution in [3.8, 4) is 5.75 Å². The highest BCUT2D eigenvalue weighted by Gasteiger charge is 2.06. The lowest BCUT2D eigenvalue weighted by Gasteiger charge is -2.10. The van der Waals surface area contributed by atoms with Gasteiger partial charge in [-0.25, -0.2) is 4.39 Å². The predicted octanol–water partition coefficient (Wildman–Crippen LogP) is 3.33. The summed E-state index contributed by atoms with van der Waals surface area (Å²) in [4.78, 5) is 4.32. The van der Waals surface area contributed by atoms with Crippen molar-refractivity contribution in [2.75, 3.05) is 0 Å². The molecule has 5 heteroatoms. The smallest absolute Gasteiger partial charge is 0.142 e. The quantitative estimate of drug-likeness (QED) is 0.938. The van der Waals surface area contributed by atoms with Crippen LogP contribution in [0.25, 0.3) is 0 Å². The Balaban J connectivity index is 2.12. The zero-order valence-electron chi connectivity index (χ0n) is 10.5. The highest BCUT2D eigenvalue weighted by atomic mass is 79.9. The van der Waals surface area contributed by atoms with Crippen molar-refractivity contribution < 1.29 is 9.13 Å². The number of nitrogens with two attached hydrogens (primary N) is 1. The van der Waals surface area contributed by atoms with Gasteiger partial charge in [0.2, 0.25) is 0 Å².